The van der Waals surface area contributed by atoms with Crippen molar-refractivity contribution in [2.75, 3.05) is 0 Å². The number of aryl methyl sites for hydroxylation is 1. The summed E-state index contributed by atoms with van der Waals surface area (Å²) in [7, 11) is -4.20. The summed E-state index contributed by atoms with van der Waals surface area (Å²) in [6.45, 7) is 4.04. The van der Waals surface area contributed by atoms with E-state index in [1.54, 1.807) is 10.0 Å². The zero-order valence-corrected chi connectivity index (χ0v) is 24.6. The first-order chi connectivity index (χ1) is 20.3. The summed E-state index contributed by atoms with van der Waals surface area (Å²) < 4.78 is 126. The second kappa shape index (κ2) is 12.2. The van der Waals surface area contributed by atoms with Gasteiger partial charge < -0.3 is 5.32 Å². The van der Waals surface area contributed by atoms with Crippen molar-refractivity contribution in [1.29, 1.82) is 0 Å². The smallest absolute Gasteiger partial charge is 0.334 e. The number of halogens is 7. The molecule has 2 N–H and O–H groups in total. The molecule has 0 unspecified atom stereocenters. The lowest BCUT2D eigenvalue weighted by Crippen LogP contribution is -2.60. The van der Waals surface area contributed by atoms with Crippen molar-refractivity contribution in [2.45, 2.75) is 88.5 Å². The number of hydrogen-bond acceptors (Lipinski definition) is 5. The summed E-state index contributed by atoms with van der Waals surface area (Å²) in [5.41, 5.74) is -5.86. The van der Waals surface area contributed by atoms with Crippen LogP contribution in [0.3, 0.4) is 0 Å². The molecule has 8 nitrogen and oxygen atoms in total. The topological polar surface area (TPSA) is 110 Å². The Balaban J connectivity index is 1.76. The second-order valence-corrected chi connectivity index (χ2v) is 13.5. The molecule has 242 valence electrons. The lowest BCUT2D eigenvalue weighted by molar-refractivity contribution is -0.202. The number of amides is 2. The molecule has 1 aromatic heterocycles. The monoisotopic (exact) mass is 652 g/mol. The molecule has 0 saturated heterocycles. The Bertz CT molecular complexity index is 1560. The van der Waals surface area contributed by atoms with Gasteiger partial charge in [0.1, 0.15) is 11.4 Å². The average Bonchev–Trinajstić information content (AvgIpc) is 3.65. The number of rotatable bonds is 11. The zero-order chi connectivity index (χ0) is 32.7. The Morgan fingerprint density at radius 1 is 1.14 bits per heavy atom. The van der Waals surface area contributed by atoms with Gasteiger partial charge in [0.05, 0.1) is 10.9 Å². The molecule has 1 aliphatic heterocycles. The van der Waals surface area contributed by atoms with Gasteiger partial charge in [0.2, 0.25) is 10.0 Å². The highest BCUT2D eigenvalue weighted by atomic mass is 32.2. The van der Waals surface area contributed by atoms with E-state index in [4.69, 9.17) is 0 Å². The minimum atomic E-state index is -5.33. The van der Waals surface area contributed by atoms with E-state index >= 15 is 4.39 Å². The first-order valence-electron chi connectivity index (χ1n) is 13.9. The fourth-order valence-electron chi connectivity index (χ4n) is 5.09. The normalized spacial score (nSPS) is 19.8. The molecule has 4 rings (SSSR count). The molecule has 2 aromatic rings. The number of alkyl halides is 6. The quantitative estimate of drug-likeness (QED) is 0.195. The molecule has 1 atom stereocenters. The molecule has 0 spiro atoms. The molecule has 2 aliphatic rings. The van der Waals surface area contributed by atoms with E-state index in [9.17, 15) is 44.3 Å². The number of hydrogen-bond donors (Lipinski definition) is 2. The van der Waals surface area contributed by atoms with Crippen LogP contribution in [0.5, 0.6) is 0 Å². The maximum atomic E-state index is 15.5. The number of aromatic nitrogens is 2. The van der Waals surface area contributed by atoms with Crippen molar-refractivity contribution in [3.63, 3.8) is 0 Å². The number of benzene rings is 1. The first-order valence-corrected chi connectivity index (χ1v) is 15.5. The van der Waals surface area contributed by atoms with Crippen LogP contribution >= 0.6 is 0 Å². The second-order valence-electron chi connectivity index (χ2n) is 11.5. The van der Waals surface area contributed by atoms with Crippen LogP contribution in [0.2, 0.25) is 0 Å². The van der Waals surface area contributed by atoms with Crippen molar-refractivity contribution in [3.8, 4) is 0 Å². The van der Waals surface area contributed by atoms with Crippen molar-refractivity contribution < 1.29 is 48.7 Å². The van der Waals surface area contributed by atoms with Crippen LogP contribution < -0.4 is 10.0 Å². The lowest BCUT2D eigenvalue weighted by atomic mass is 9.77. The third-order valence-electron chi connectivity index (χ3n) is 7.38. The van der Waals surface area contributed by atoms with Gasteiger partial charge >= 0.3 is 12.4 Å². The molecule has 16 heteroatoms. The molecule has 1 saturated carbocycles. The summed E-state index contributed by atoms with van der Waals surface area (Å²) in [4.78, 5) is 26.5. The molecule has 2 heterocycles. The molecule has 1 fully saturated rings. The summed E-state index contributed by atoms with van der Waals surface area (Å²) in [5.74, 6) is -4.33. The van der Waals surface area contributed by atoms with Gasteiger partial charge in [-0.2, -0.15) is 31.4 Å². The molecular weight excluding hydrogens is 621 g/mol. The molecule has 2 amide bonds. The van der Waals surface area contributed by atoms with E-state index < -0.39 is 80.3 Å². The summed E-state index contributed by atoms with van der Waals surface area (Å²) >= 11 is 0. The van der Waals surface area contributed by atoms with Crippen LogP contribution in [0.15, 0.2) is 36.0 Å². The van der Waals surface area contributed by atoms with Crippen molar-refractivity contribution in [1.82, 2.24) is 19.8 Å². The Labute approximate surface area is 249 Å². The predicted octanol–water partition coefficient (Wildman–Crippen LogP) is 5.29. The van der Waals surface area contributed by atoms with E-state index in [0.29, 0.717) is 6.54 Å². The Morgan fingerprint density at radius 2 is 1.82 bits per heavy atom. The lowest BCUT2D eigenvalue weighted by Gasteiger charge is -2.41. The molecule has 0 radical (unpaired) electrons. The Kier molecular flexibility index (Phi) is 9.25. The zero-order valence-electron chi connectivity index (χ0n) is 23.8. The summed E-state index contributed by atoms with van der Waals surface area (Å²) in [6.07, 6.45) is -10.3. The number of unbranched alkanes of at least 4 members (excludes halogenated alkanes) is 1. The van der Waals surface area contributed by atoms with E-state index in [1.165, 1.54) is 16.9 Å². The van der Waals surface area contributed by atoms with E-state index in [-0.39, 0.29) is 49.3 Å². The maximum Gasteiger partial charge on any atom is 0.416 e. The van der Waals surface area contributed by atoms with Gasteiger partial charge in [-0.25, -0.2) is 17.5 Å². The Morgan fingerprint density at radius 3 is 2.39 bits per heavy atom. The number of nitrogens with zero attached hydrogens (tertiary/aromatic N) is 2. The molecule has 0 bridgehead atoms. The number of carbonyl (C=O) groups excluding carboxylic acids is 2. The van der Waals surface area contributed by atoms with Crippen LogP contribution in [-0.2, 0) is 38.1 Å². The van der Waals surface area contributed by atoms with Gasteiger partial charge in [-0.1, -0.05) is 26.0 Å². The van der Waals surface area contributed by atoms with E-state index in [2.05, 4.69) is 5.10 Å². The fourth-order valence-corrected chi connectivity index (χ4v) is 6.38. The van der Waals surface area contributed by atoms with E-state index in [0.717, 1.165) is 18.2 Å². The van der Waals surface area contributed by atoms with Gasteiger partial charge in [0.15, 0.2) is 5.54 Å². The molecule has 1 aromatic carbocycles. The number of nitrogens with one attached hydrogen (secondary N) is 2. The molecular formula is C28H31F7N4O4S. The predicted molar refractivity (Wildman–Crippen MR) is 145 cm³/mol. The fraction of sp³-hybridized carbons (Fsp3) is 0.536. The van der Waals surface area contributed by atoms with Crippen LogP contribution in [0.4, 0.5) is 30.7 Å². The minimum absolute atomic E-state index is 0.00754. The summed E-state index contributed by atoms with van der Waals surface area (Å²) in [6, 6.07) is 3.99. The summed E-state index contributed by atoms with van der Waals surface area (Å²) in [5, 5.41) is 5.10. The van der Waals surface area contributed by atoms with Gasteiger partial charge in [0.25, 0.3) is 11.8 Å². The SMILES string of the molecule is CC(C)Cn1ccc(C2=C(C(=O)NS(=O)(=O)C3CC3)C(=O)N[C@@](c3ccc(CCCCC(F)(F)F)cc3F)(C(F)(F)F)C2)n1. The van der Waals surface area contributed by atoms with Gasteiger partial charge in [-0.3, -0.25) is 14.3 Å². The van der Waals surface area contributed by atoms with Crippen LogP contribution in [0, 0.1) is 11.7 Å². The number of sulfonamides is 1. The minimum Gasteiger partial charge on any atom is -0.334 e. The highest BCUT2D eigenvalue weighted by Gasteiger charge is 2.61. The van der Waals surface area contributed by atoms with Crippen LogP contribution in [0.1, 0.15) is 69.2 Å². The van der Waals surface area contributed by atoms with Crippen LogP contribution in [-0.4, -0.2) is 47.6 Å². The van der Waals surface area contributed by atoms with Crippen molar-refractivity contribution in [3.05, 3.63) is 58.7 Å². The van der Waals surface area contributed by atoms with E-state index in [1.807, 2.05) is 13.8 Å². The van der Waals surface area contributed by atoms with Crippen molar-refractivity contribution >= 4 is 27.4 Å². The van der Waals surface area contributed by atoms with Gasteiger partial charge in [0, 0.05) is 36.7 Å². The van der Waals surface area contributed by atoms with Gasteiger partial charge in [-0.05, 0) is 55.7 Å². The maximum absolute atomic E-state index is 15.5. The molecule has 44 heavy (non-hydrogen) atoms. The third-order valence-corrected chi connectivity index (χ3v) is 9.20. The molecule has 1 aliphatic carbocycles. The average molecular weight is 653 g/mol. The largest absolute Gasteiger partial charge is 0.416 e. The van der Waals surface area contributed by atoms with Crippen LogP contribution in [0.25, 0.3) is 5.57 Å². The van der Waals surface area contributed by atoms with Crippen molar-refractivity contribution in [2.24, 2.45) is 5.92 Å². The third kappa shape index (κ3) is 7.44. The first kappa shape index (κ1) is 33.5. The Hall–Kier alpha value is -3.43. The standard InChI is InChI=1S/C28H31F7N4O4S/c1-16(2)15-39-12-10-22(37-39)19-14-26(28(33,34)35,36-24(40)23(19)25(41)38-44(42,43)18-7-8-18)20-9-6-17(13-21(20)29)5-3-4-11-27(30,31)32/h6,9-10,12-13,16,18H,3-5,7-8,11,14-15H2,1-2H3,(H,36,40)(H,38,41)/t26-/m0/s1. The highest BCUT2D eigenvalue weighted by molar-refractivity contribution is 7.91. The highest BCUT2D eigenvalue weighted by Crippen LogP contribution is 2.49. The number of carbonyl (C=O) groups is 2. The van der Waals surface area contributed by atoms with Gasteiger partial charge in [-0.15, -0.1) is 0 Å².